The fraction of sp³-hybridized carbons (Fsp3) is 0.400. The van der Waals surface area contributed by atoms with Crippen LogP contribution in [-0.2, 0) is 5.67 Å². The van der Waals surface area contributed by atoms with Crippen LogP contribution in [0.25, 0.3) is 0 Å². The number of ether oxygens (including phenoxy) is 1. The topological polar surface area (TPSA) is 35.2 Å². The van der Waals surface area contributed by atoms with Gasteiger partial charge in [-0.25, -0.2) is 4.39 Å². The number of nitrogens with two attached hydrogens (primary N) is 1. The fourth-order valence-corrected chi connectivity index (χ4v) is 1.49. The van der Waals surface area contributed by atoms with E-state index in [4.69, 9.17) is 22.1 Å². The molecule has 1 unspecified atom stereocenters. The number of hydrogen-bond donors (Lipinski definition) is 1. The Morgan fingerprint density at radius 3 is 2.71 bits per heavy atom. The molecule has 0 heterocycles. The smallest absolute Gasteiger partial charge is 0.148 e. The van der Waals surface area contributed by atoms with E-state index in [2.05, 4.69) is 0 Å². The number of benzene rings is 1. The van der Waals surface area contributed by atoms with E-state index in [1.54, 1.807) is 18.2 Å². The summed E-state index contributed by atoms with van der Waals surface area (Å²) in [6.45, 7) is 1.30. The lowest BCUT2D eigenvalue weighted by Crippen LogP contribution is -2.27. The van der Waals surface area contributed by atoms with Crippen molar-refractivity contribution in [1.82, 2.24) is 0 Å². The van der Waals surface area contributed by atoms with E-state index < -0.39 is 5.67 Å². The second-order valence-corrected chi connectivity index (χ2v) is 3.63. The molecule has 0 saturated heterocycles. The summed E-state index contributed by atoms with van der Waals surface area (Å²) in [4.78, 5) is 0. The maximum absolute atomic E-state index is 13.9. The molecule has 0 bridgehead atoms. The standard InChI is InChI=1S/C10H13ClFNO/c1-10(12,6-13)7-4-3-5-8(11)9(7)14-2/h3-5H,6,13H2,1-2H3. The quantitative estimate of drug-likeness (QED) is 0.845. The van der Waals surface area contributed by atoms with Crippen LogP contribution in [0.4, 0.5) is 4.39 Å². The molecule has 0 aliphatic carbocycles. The summed E-state index contributed by atoms with van der Waals surface area (Å²) in [5.74, 6) is 0.351. The van der Waals surface area contributed by atoms with Crippen LogP contribution in [-0.4, -0.2) is 13.7 Å². The zero-order valence-corrected chi connectivity index (χ0v) is 8.94. The number of para-hydroxylation sites is 1. The molecular weight excluding hydrogens is 205 g/mol. The molecule has 2 nitrogen and oxygen atoms in total. The first-order chi connectivity index (χ1) is 6.53. The predicted octanol–water partition coefficient (Wildman–Crippen LogP) is 2.49. The Morgan fingerprint density at radius 2 is 2.21 bits per heavy atom. The van der Waals surface area contributed by atoms with E-state index in [1.165, 1.54) is 14.0 Å². The lowest BCUT2D eigenvalue weighted by molar-refractivity contribution is 0.196. The second kappa shape index (κ2) is 4.15. The molecule has 0 aromatic heterocycles. The Kier molecular flexibility index (Phi) is 3.34. The van der Waals surface area contributed by atoms with Gasteiger partial charge in [0.05, 0.1) is 12.1 Å². The van der Waals surface area contributed by atoms with Crippen molar-refractivity contribution in [3.05, 3.63) is 28.8 Å². The molecule has 0 spiro atoms. The minimum atomic E-state index is -1.61. The first-order valence-electron chi connectivity index (χ1n) is 4.25. The van der Waals surface area contributed by atoms with Crippen molar-refractivity contribution in [2.45, 2.75) is 12.6 Å². The molecular formula is C10H13ClFNO. The maximum atomic E-state index is 13.9. The molecule has 14 heavy (non-hydrogen) atoms. The van der Waals surface area contributed by atoms with E-state index in [0.717, 1.165) is 0 Å². The van der Waals surface area contributed by atoms with E-state index >= 15 is 0 Å². The summed E-state index contributed by atoms with van der Waals surface area (Å²) in [5.41, 5.74) is 4.11. The molecule has 1 aromatic carbocycles. The van der Waals surface area contributed by atoms with Crippen molar-refractivity contribution in [2.24, 2.45) is 5.73 Å². The molecule has 0 fully saturated rings. The summed E-state index contributed by atoms with van der Waals surface area (Å²) in [6.07, 6.45) is 0. The zero-order chi connectivity index (χ0) is 10.8. The first-order valence-corrected chi connectivity index (χ1v) is 4.62. The zero-order valence-electron chi connectivity index (χ0n) is 8.18. The summed E-state index contributed by atoms with van der Waals surface area (Å²) >= 11 is 5.86. The molecule has 2 N–H and O–H groups in total. The Bertz CT molecular complexity index is 328. The van der Waals surface area contributed by atoms with Crippen molar-refractivity contribution in [3.63, 3.8) is 0 Å². The molecule has 1 atom stereocenters. The number of hydrogen-bond acceptors (Lipinski definition) is 2. The van der Waals surface area contributed by atoms with Crippen molar-refractivity contribution < 1.29 is 9.13 Å². The van der Waals surface area contributed by atoms with Crippen molar-refractivity contribution in [3.8, 4) is 5.75 Å². The Hall–Kier alpha value is -0.800. The molecule has 0 aliphatic heterocycles. The van der Waals surface area contributed by atoms with Gasteiger partial charge >= 0.3 is 0 Å². The molecule has 0 amide bonds. The predicted molar refractivity (Wildman–Crippen MR) is 55.5 cm³/mol. The SMILES string of the molecule is COc1c(Cl)cccc1C(C)(F)CN. The number of halogens is 2. The highest BCUT2D eigenvalue weighted by atomic mass is 35.5. The maximum Gasteiger partial charge on any atom is 0.148 e. The van der Waals surface area contributed by atoms with Gasteiger partial charge in [0.25, 0.3) is 0 Å². The Balaban J connectivity index is 3.27. The average Bonchev–Trinajstić information content (AvgIpc) is 2.17. The van der Waals surface area contributed by atoms with Gasteiger partial charge in [0.2, 0.25) is 0 Å². The minimum Gasteiger partial charge on any atom is -0.495 e. The molecule has 0 aliphatic rings. The Morgan fingerprint density at radius 1 is 1.57 bits per heavy atom. The summed E-state index contributed by atoms with van der Waals surface area (Å²) in [7, 11) is 1.46. The van der Waals surface area contributed by atoms with Crippen LogP contribution in [0.5, 0.6) is 5.75 Å². The van der Waals surface area contributed by atoms with Gasteiger partial charge in [-0.05, 0) is 13.0 Å². The summed E-state index contributed by atoms with van der Waals surface area (Å²) in [6, 6.07) is 4.95. The highest BCUT2D eigenvalue weighted by molar-refractivity contribution is 6.32. The van der Waals surface area contributed by atoms with Gasteiger partial charge < -0.3 is 10.5 Å². The molecule has 4 heteroatoms. The lowest BCUT2D eigenvalue weighted by Gasteiger charge is -2.21. The number of alkyl halides is 1. The van der Waals surface area contributed by atoms with Gasteiger partial charge in [-0.2, -0.15) is 0 Å². The fourth-order valence-electron chi connectivity index (χ4n) is 1.24. The number of rotatable bonds is 3. The van der Waals surface area contributed by atoms with Gasteiger partial charge in [0.1, 0.15) is 11.4 Å². The van der Waals surface area contributed by atoms with E-state index in [0.29, 0.717) is 16.3 Å². The molecule has 0 saturated carbocycles. The summed E-state index contributed by atoms with van der Waals surface area (Å²) < 4.78 is 19.0. The van der Waals surface area contributed by atoms with Gasteiger partial charge in [0.15, 0.2) is 0 Å². The van der Waals surface area contributed by atoms with Crippen LogP contribution >= 0.6 is 11.6 Å². The van der Waals surface area contributed by atoms with Gasteiger partial charge in [-0.15, -0.1) is 0 Å². The average molecular weight is 218 g/mol. The monoisotopic (exact) mass is 217 g/mol. The second-order valence-electron chi connectivity index (χ2n) is 3.22. The van der Waals surface area contributed by atoms with Crippen LogP contribution in [0.1, 0.15) is 12.5 Å². The van der Waals surface area contributed by atoms with Crippen LogP contribution in [0, 0.1) is 0 Å². The third-order valence-corrected chi connectivity index (χ3v) is 2.41. The molecule has 0 radical (unpaired) electrons. The number of methoxy groups -OCH3 is 1. The minimum absolute atomic E-state index is 0.107. The van der Waals surface area contributed by atoms with E-state index in [1.807, 2.05) is 0 Å². The third kappa shape index (κ3) is 1.99. The molecule has 1 rings (SSSR count). The normalized spacial score (nSPS) is 14.9. The molecule has 78 valence electrons. The first kappa shape index (κ1) is 11.3. The Labute approximate surface area is 87.8 Å². The van der Waals surface area contributed by atoms with Crippen molar-refractivity contribution >= 4 is 11.6 Å². The lowest BCUT2D eigenvalue weighted by atomic mass is 9.97. The largest absolute Gasteiger partial charge is 0.495 e. The van der Waals surface area contributed by atoms with E-state index in [-0.39, 0.29) is 6.54 Å². The molecule has 1 aromatic rings. The van der Waals surface area contributed by atoms with Gasteiger partial charge in [0, 0.05) is 12.1 Å². The third-order valence-electron chi connectivity index (χ3n) is 2.12. The van der Waals surface area contributed by atoms with E-state index in [9.17, 15) is 4.39 Å². The van der Waals surface area contributed by atoms with Crippen LogP contribution < -0.4 is 10.5 Å². The highest BCUT2D eigenvalue weighted by Gasteiger charge is 2.28. The van der Waals surface area contributed by atoms with Crippen LogP contribution in [0.15, 0.2) is 18.2 Å². The van der Waals surface area contributed by atoms with Crippen molar-refractivity contribution in [1.29, 1.82) is 0 Å². The van der Waals surface area contributed by atoms with Crippen molar-refractivity contribution in [2.75, 3.05) is 13.7 Å². The van der Waals surface area contributed by atoms with Gasteiger partial charge in [-0.1, -0.05) is 23.7 Å². The highest BCUT2D eigenvalue weighted by Crippen LogP contribution is 2.37. The van der Waals surface area contributed by atoms with Crippen LogP contribution in [0.2, 0.25) is 5.02 Å². The van der Waals surface area contributed by atoms with Crippen LogP contribution in [0.3, 0.4) is 0 Å². The van der Waals surface area contributed by atoms with Gasteiger partial charge in [-0.3, -0.25) is 0 Å². The summed E-state index contributed by atoms with van der Waals surface area (Å²) in [5, 5.41) is 0.391.